The van der Waals surface area contributed by atoms with E-state index in [1.54, 1.807) is 20.2 Å². The summed E-state index contributed by atoms with van der Waals surface area (Å²) in [6.45, 7) is 1.93. The number of nitrogens with zero attached hydrogens (tertiary/aromatic N) is 2. The van der Waals surface area contributed by atoms with Crippen molar-refractivity contribution in [3.05, 3.63) is 35.7 Å². The van der Waals surface area contributed by atoms with E-state index in [0.29, 0.717) is 5.69 Å². The van der Waals surface area contributed by atoms with E-state index in [9.17, 15) is 4.79 Å². The molecule has 0 aliphatic carbocycles. The van der Waals surface area contributed by atoms with Gasteiger partial charge < -0.3 is 14.8 Å². The Kier molecular flexibility index (Phi) is 2.94. The molecule has 2 heterocycles. The zero-order valence-electron chi connectivity index (χ0n) is 12.0. The van der Waals surface area contributed by atoms with Gasteiger partial charge in [-0.2, -0.15) is 5.10 Å². The van der Waals surface area contributed by atoms with Crippen LogP contribution in [-0.4, -0.2) is 33.0 Å². The van der Waals surface area contributed by atoms with Crippen molar-refractivity contribution < 1.29 is 14.6 Å². The molecule has 0 amide bonds. The molecule has 0 spiro atoms. The second-order valence-electron chi connectivity index (χ2n) is 4.85. The van der Waals surface area contributed by atoms with Gasteiger partial charge in [-0.05, 0) is 25.1 Å². The molecule has 0 fully saturated rings. The molecular formula is C15H15N3O3. The van der Waals surface area contributed by atoms with Gasteiger partial charge in [-0.15, -0.1) is 0 Å². The van der Waals surface area contributed by atoms with Crippen LogP contribution in [0.1, 0.15) is 16.2 Å². The van der Waals surface area contributed by atoms with Gasteiger partial charge in [0.2, 0.25) is 0 Å². The number of hydrogen-bond acceptors (Lipinski definition) is 3. The van der Waals surface area contributed by atoms with Crippen molar-refractivity contribution in [3.8, 4) is 17.0 Å². The first-order valence-corrected chi connectivity index (χ1v) is 6.46. The fraction of sp³-hybridized carbons (Fsp3) is 0.200. The third kappa shape index (κ3) is 1.96. The molecule has 1 aromatic carbocycles. The molecule has 3 rings (SSSR count). The first-order chi connectivity index (χ1) is 10.0. The van der Waals surface area contributed by atoms with E-state index in [2.05, 4.69) is 10.1 Å². The Labute approximate surface area is 121 Å². The van der Waals surface area contributed by atoms with E-state index in [1.165, 1.54) is 4.68 Å². The topological polar surface area (TPSA) is 80.1 Å². The highest BCUT2D eigenvalue weighted by Gasteiger charge is 2.19. The van der Waals surface area contributed by atoms with Gasteiger partial charge in [0.15, 0.2) is 0 Å². The summed E-state index contributed by atoms with van der Waals surface area (Å²) in [5.41, 5.74) is 3.48. The first kappa shape index (κ1) is 13.2. The van der Waals surface area contributed by atoms with E-state index < -0.39 is 5.97 Å². The molecule has 6 nitrogen and oxygen atoms in total. The number of methoxy groups -OCH3 is 1. The minimum Gasteiger partial charge on any atom is -0.496 e. The van der Waals surface area contributed by atoms with Gasteiger partial charge in [-0.3, -0.25) is 4.68 Å². The van der Waals surface area contributed by atoms with Gasteiger partial charge >= 0.3 is 5.97 Å². The Hall–Kier alpha value is -2.76. The van der Waals surface area contributed by atoms with Crippen LogP contribution < -0.4 is 4.74 Å². The van der Waals surface area contributed by atoms with Gasteiger partial charge in [0.05, 0.1) is 23.7 Å². The van der Waals surface area contributed by atoms with Gasteiger partial charge in [0, 0.05) is 18.3 Å². The standard InChI is InChI=1S/C15H15N3O3/c1-8-13(10-7-11(15(19)20)18(2)17-10)14-9(16-8)5-4-6-12(14)21-3/h4-7,16H,1-3H3,(H,19,20). The number of carbonyl (C=O) groups is 1. The predicted molar refractivity (Wildman–Crippen MR) is 78.7 cm³/mol. The lowest BCUT2D eigenvalue weighted by atomic mass is 10.1. The van der Waals surface area contributed by atoms with Crippen molar-refractivity contribution in [2.24, 2.45) is 7.05 Å². The largest absolute Gasteiger partial charge is 0.496 e. The number of rotatable bonds is 3. The zero-order chi connectivity index (χ0) is 15.1. The van der Waals surface area contributed by atoms with Crippen LogP contribution in [0.25, 0.3) is 22.2 Å². The lowest BCUT2D eigenvalue weighted by molar-refractivity contribution is 0.0685. The van der Waals surface area contributed by atoms with E-state index in [0.717, 1.165) is 27.9 Å². The maximum Gasteiger partial charge on any atom is 0.354 e. The molecule has 0 bridgehead atoms. The number of carboxylic acids is 1. The van der Waals surface area contributed by atoms with Crippen LogP contribution in [0.15, 0.2) is 24.3 Å². The lowest BCUT2D eigenvalue weighted by Gasteiger charge is -2.03. The Morgan fingerprint density at radius 1 is 1.43 bits per heavy atom. The average Bonchev–Trinajstić information content (AvgIpc) is 2.97. The number of ether oxygens (including phenoxy) is 1. The predicted octanol–water partition coefficient (Wildman–Crippen LogP) is 2.58. The fourth-order valence-electron chi connectivity index (χ4n) is 2.63. The van der Waals surface area contributed by atoms with Gasteiger partial charge in [0.1, 0.15) is 11.4 Å². The van der Waals surface area contributed by atoms with Crippen molar-refractivity contribution in [3.63, 3.8) is 0 Å². The number of aromatic amines is 1. The Balaban J connectivity index is 2.32. The summed E-state index contributed by atoms with van der Waals surface area (Å²) in [6.07, 6.45) is 0. The second kappa shape index (κ2) is 4.66. The smallest absolute Gasteiger partial charge is 0.354 e. The Bertz CT molecular complexity index is 845. The molecule has 0 unspecified atom stereocenters. The molecule has 6 heteroatoms. The van der Waals surface area contributed by atoms with Crippen LogP contribution >= 0.6 is 0 Å². The molecule has 0 atom stereocenters. The van der Waals surface area contributed by atoms with Crippen LogP contribution in [0.5, 0.6) is 5.75 Å². The van der Waals surface area contributed by atoms with Crippen LogP contribution in [0.2, 0.25) is 0 Å². The van der Waals surface area contributed by atoms with E-state index in [1.807, 2.05) is 25.1 Å². The van der Waals surface area contributed by atoms with Crippen LogP contribution in [0.3, 0.4) is 0 Å². The zero-order valence-corrected chi connectivity index (χ0v) is 12.0. The van der Waals surface area contributed by atoms with Crippen LogP contribution in [0.4, 0.5) is 0 Å². The molecule has 21 heavy (non-hydrogen) atoms. The normalized spacial score (nSPS) is 11.0. The number of aromatic carboxylic acids is 1. The van der Waals surface area contributed by atoms with Crippen molar-refractivity contribution in [2.75, 3.05) is 7.11 Å². The van der Waals surface area contributed by atoms with Crippen molar-refractivity contribution in [2.45, 2.75) is 6.92 Å². The number of benzene rings is 1. The number of H-pyrrole nitrogens is 1. The number of carboxylic acid groups (broad SMARTS) is 1. The summed E-state index contributed by atoms with van der Waals surface area (Å²) in [5, 5.41) is 14.4. The summed E-state index contributed by atoms with van der Waals surface area (Å²) >= 11 is 0. The summed E-state index contributed by atoms with van der Waals surface area (Å²) in [5.74, 6) is -0.268. The monoisotopic (exact) mass is 285 g/mol. The number of hydrogen-bond donors (Lipinski definition) is 2. The number of aryl methyl sites for hydroxylation is 2. The highest BCUT2D eigenvalue weighted by atomic mass is 16.5. The SMILES string of the molecule is COc1cccc2[nH]c(C)c(-c3cc(C(=O)O)n(C)n3)c12. The van der Waals surface area contributed by atoms with Gasteiger partial charge in [-0.25, -0.2) is 4.79 Å². The summed E-state index contributed by atoms with van der Waals surface area (Å²) in [7, 11) is 3.23. The van der Waals surface area contributed by atoms with E-state index in [-0.39, 0.29) is 5.69 Å². The summed E-state index contributed by atoms with van der Waals surface area (Å²) in [4.78, 5) is 14.5. The molecule has 0 aliphatic rings. The summed E-state index contributed by atoms with van der Waals surface area (Å²) < 4.78 is 6.78. The third-order valence-corrected chi connectivity index (χ3v) is 3.55. The van der Waals surface area contributed by atoms with Crippen molar-refractivity contribution >= 4 is 16.9 Å². The number of nitrogens with one attached hydrogen (secondary N) is 1. The maximum absolute atomic E-state index is 11.2. The minimum absolute atomic E-state index is 0.147. The quantitative estimate of drug-likeness (QED) is 0.775. The average molecular weight is 285 g/mol. The minimum atomic E-state index is -0.999. The third-order valence-electron chi connectivity index (χ3n) is 3.55. The summed E-state index contributed by atoms with van der Waals surface area (Å²) in [6, 6.07) is 7.31. The molecule has 108 valence electrons. The molecule has 3 aromatic rings. The molecule has 0 saturated carbocycles. The molecular weight excluding hydrogens is 270 g/mol. The highest BCUT2D eigenvalue weighted by Crippen LogP contribution is 2.37. The maximum atomic E-state index is 11.2. The van der Waals surface area contributed by atoms with E-state index >= 15 is 0 Å². The Morgan fingerprint density at radius 2 is 2.19 bits per heavy atom. The molecule has 2 N–H and O–H groups in total. The molecule has 0 radical (unpaired) electrons. The first-order valence-electron chi connectivity index (χ1n) is 6.46. The molecule has 2 aromatic heterocycles. The van der Waals surface area contributed by atoms with E-state index in [4.69, 9.17) is 9.84 Å². The van der Waals surface area contributed by atoms with Gasteiger partial charge in [0.25, 0.3) is 0 Å². The molecule has 0 aliphatic heterocycles. The van der Waals surface area contributed by atoms with Crippen LogP contribution in [0, 0.1) is 6.92 Å². The lowest BCUT2D eigenvalue weighted by Crippen LogP contribution is -2.04. The number of aromatic nitrogens is 3. The highest BCUT2D eigenvalue weighted by molar-refractivity contribution is 6.01. The molecule has 0 saturated heterocycles. The van der Waals surface area contributed by atoms with Crippen LogP contribution in [-0.2, 0) is 7.05 Å². The van der Waals surface area contributed by atoms with Crippen molar-refractivity contribution in [1.82, 2.24) is 14.8 Å². The second-order valence-corrected chi connectivity index (χ2v) is 4.85. The Morgan fingerprint density at radius 3 is 2.81 bits per heavy atom. The number of fused-ring (bicyclic) bond motifs is 1. The fourth-order valence-corrected chi connectivity index (χ4v) is 2.63. The van der Waals surface area contributed by atoms with Gasteiger partial charge in [-0.1, -0.05) is 6.07 Å². The van der Waals surface area contributed by atoms with Crippen molar-refractivity contribution in [1.29, 1.82) is 0 Å².